The summed E-state index contributed by atoms with van der Waals surface area (Å²) in [6, 6.07) is 0. The van der Waals surface area contributed by atoms with Crippen LogP contribution in [0.3, 0.4) is 0 Å². The Balaban J connectivity index is 5.55. The maximum Gasteiger partial charge on any atom is 0.243 e. The van der Waals surface area contributed by atoms with Crippen molar-refractivity contribution in [1.82, 2.24) is 47.9 Å². The van der Waals surface area contributed by atoms with Crippen molar-refractivity contribution in [2.75, 3.05) is 92.0 Å². The third-order valence-electron chi connectivity index (χ3n) is 15.7. The van der Waals surface area contributed by atoms with E-state index in [1.54, 1.807) is 6.08 Å². The van der Waals surface area contributed by atoms with Gasteiger partial charge in [-0.3, -0.25) is 43.2 Å². The van der Waals surface area contributed by atoms with E-state index in [0.717, 1.165) is 128 Å². The lowest BCUT2D eigenvalue weighted by Gasteiger charge is -2.34. The van der Waals surface area contributed by atoms with Gasteiger partial charge >= 0.3 is 0 Å². The van der Waals surface area contributed by atoms with Gasteiger partial charge in [0.15, 0.2) is 0 Å². The minimum absolute atomic E-state index is 0.00449. The van der Waals surface area contributed by atoms with Crippen LogP contribution in [0, 0.1) is 21.7 Å². The minimum Gasteiger partial charge on any atom is -0.378 e. The highest BCUT2D eigenvalue weighted by atomic mass is 16.5. The molecule has 21 heteroatoms. The van der Waals surface area contributed by atoms with Crippen LogP contribution in [-0.4, -0.2) is 151 Å². The molecule has 9 amide bonds. The number of allylic oxidation sites excluding steroid dienone is 1. The van der Waals surface area contributed by atoms with E-state index in [2.05, 4.69) is 131 Å². The van der Waals surface area contributed by atoms with Crippen LogP contribution in [0.15, 0.2) is 12.2 Å². The van der Waals surface area contributed by atoms with Gasteiger partial charge in [0.05, 0.1) is 39.6 Å². The molecule has 0 spiro atoms. The summed E-state index contributed by atoms with van der Waals surface area (Å²) in [6.07, 6.45) is 27.2. The molecule has 0 aromatic carbocycles. The quantitative estimate of drug-likeness (QED) is 0.0203. The molecule has 0 aromatic rings. The lowest BCUT2D eigenvalue weighted by atomic mass is 9.89. The Kier molecular flexibility index (Phi) is 51.8. The zero-order valence-electron chi connectivity index (χ0n) is 62.1. The number of ether oxygens (including phenoxy) is 3. The molecule has 0 aromatic heterocycles. The van der Waals surface area contributed by atoms with Crippen molar-refractivity contribution >= 4 is 53.2 Å². The zero-order valence-corrected chi connectivity index (χ0v) is 62.1. The first-order valence-corrected chi connectivity index (χ1v) is 36.8. The van der Waals surface area contributed by atoms with E-state index >= 15 is 0 Å². The molecule has 0 radical (unpaired) electrons. The van der Waals surface area contributed by atoms with Crippen molar-refractivity contribution in [1.29, 1.82) is 0 Å². The van der Waals surface area contributed by atoms with Crippen LogP contribution >= 0.6 is 0 Å². The molecule has 552 valence electrons. The number of rotatable bonds is 59. The van der Waals surface area contributed by atoms with E-state index in [-0.39, 0.29) is 140 Å². The molecule has 0 aliphatic carbocycles. The molecule has 0 bridgehead atoms. The van der Waals surface area contributed by atoms with Crippen LogP contribution in [-0.2, 0) is 57.4 Å². The van der Waals surface area contributed by atoms with Crippen molar-refractivity contribution in [3.63, 3.8) is 0 Å². The Morgan fingerprint density at radius 3 is 0.811 bits per heavy atom. The van der Waals surface area contributed by atoms with Crippen molar-refractivity contribution in [2.24, 2.45) is 21.7 Å². The molecular weight excluding hydrogens is 1210 g/mol. The summed E-state index contributed by atoms with van der Waals surface area (Å²) in [5.74, 6) is -0.916. The highest BCUT2D eigenvalue weighted by Gasteiger charge is 2.34. The molecule has 0 fully saturated rings. The van der Waals surface area contributed by atoms with E-state index in [9.17, 15) is 43.2 Å². The van der Waals surface area contributed by atoms with Crippen molar-refractivity contribution in [3.8, 4) is 0 Å². The summed E-state index contributed by atoms with van der Waals surface area (Å²) >= 11 is 0. The minimum atomic E-state index is -1.26. The fourth-order valence-corrected chi connectivity index (χ4v) is 10.0. The van der Waals surface area contributed by atoms with E-state index in [0.29, 0.717) is 104 Å². The van der Waals surface area contributed by atoms with Crippen LogP contribution < -0.4 is 47.9 Å². The Morgan fingerprint density at radius 2 is 0.516 bits per heavy atom. The smallest absolute Gasteiger partial charge is 0.243 e. The number of carbonyl (C=O) groups is 9. The molecule has 0 aliphatic rings. The highest BCUT2D eigenvalue weighted by Crippen LogP contribution is 2.24. The van der Waals surface area contributed by atoms with Gasteiger partial charge in [0.2, 0.25) is 53.2 Å². The normalized spacial score (nSPS) is 12.1. The Labute approximate surface area is 575 Å². The second kappa shape index (κ2) is 54.8. The predicted octanol–water partition coefficient (Wildman–Crippen LogP) is 11.0. The maximum absolute atomic E-state index is 13.9. The van der Waals surface area contributed by atoms with Crippen LogP contribution in [0.4, 0.5) is 0 Å². The maximum atomic E-state index is 13.9. The summed E-state index contributed by atoms with van der Waals surface area (Å²) in [4.78, 5) is 114. The van der Waals surface area contributed by atoms with Gasteiger partial charge in [-0.25, -0.2) is 0 Å². The van der Waals surface area contributed by atoms with Crippen molar-refractivity contribution in [2.45, 2.75) is 294 Å². The van der Waals surface area contributed by atoms with Gasteiger partial charge in [-0.05, 0) is 111 Å². The zero-order chi connectivity index (χ0) is 71.1. The lowest BCUT2D eigenvalue weighted by Crippen LogP contribution is -2.58. The van der Waals surface area contributed by atoms with E-state index < -0.39 is 5.54 Å². The van der Waals surface area contributed by atoms with Crippen LogP contribution in [0.1, 0.15) is 289 Å². The molecule has 95 heavy (non-hydrogen) atoms. The first-order valence-electron chi connectivity index (χ1n) is 36.8. The molecule has 0 unspecified atom stereocenters. The number of amides is 9. The number of nitrogens with one attached hydrogen (secondary N) is 9. The number of carbonyl (C=O) groups excluding carboxylic acids is 9. The van der Waals surface area contributed by atoms with Gasteiger partial charge < -0.3 is 62.1 Å². The molecule has 21 nitrogen and oxygen atoms in total. The molecule has 0 rings (SSSR count). The summed E-state index contributed by atoms with van der Waals surface area (Å²) in [6.45, 7) is 29.4. The molecule has 0 atom stereocenters. The van der Waals surface area contributed by atoms with E-state index in [4.69, 9.17) is 14.2 Å². The summed E-state index contributed by atoms with van der Waals surface area (Å²) in [5, 5.41) is 26.6. The average Bonchev–Trinajstić information content (AvgIpc) is 1.17. The second-order valence-electron chi connectivity index (χ2n) is 30.8. The number of unbranched alkanes of at least 4 members (excludes halogenated alkanes) is 13. The third-order valence-corrected chi connectivity index (χ3v) is 15.7. The number of hydrogen-bond donors (Lipinski definition) is 9. The lowest BCUT2D eigenvalue weighted by molar-refractivity contribution is -0.130. The molecule has 0 aliphatic heterocycles. The summed E-state index contributed by atoms with van der Waals surface area (Å²) in [7, 11) is 0. The monoisotopic (exact) mass is 1350 g/mol. The van der Waals surface area contributed by atoms with Crippen molar-refractivity contribution in [3.05, 3.63) is 12.2 Å². The average molecular weight is 1350 g/mol. The first-order chi connectivity index (χ1) is 44.9. The molecule has 9 N–H and O–H groups in total. The molecule has 0 heterocycles. The fourth-order valence-electron chi connectivity index (χ4n) is 10.0. The fraction of sp³-hybridized carbons (Fsp3) is 0.851. The van der Waals surface area contributed by atoms with Crippen LogP contribution in [0.5, 0.6) is 0 Å². The van der Waals surface area contributed by atoms with Gasteiger partial charge in [0.25, 0.3) is 0 Å². The SMILES string of the molecule is CC(C)(C)/C=C/C(=O)NCCCCCCNC(=O)CCCCCCCCCCC(=O)NC(COCCC(=O)NCCCNC(=O)CCCCC(C)(C)C)(COCCC(=O)NCCCNC(=O)CCCCC(C)(C)C)COCCC(=O)NCCCNC(=O)CCCCC(C)(C)C. The van der Waals surface area contributed by atoms with Crippen LogP contribution in [0.25, 0.3) is 0 Å². The molecular formula is C74H139N9O12. The first kappa shape index (κ1) is 89.8. The second-order valence-corrected chi connectivity index (χ2v) is 30.8. The van der Waals surface area contributed by atoms with Gasteiger partial charge in [-0.1, -0.05) is 160 Å². The topological polar surface area (TPSA) is 290 Å². The highest BCUT2D eigenvalue weighted by molar-refractivity contribution is 5.87. The van der Waals surface area contributed by atoms with Gasteiger partial charge in [0.1, 0.15) is 5.54 Å². The van der Waals surface area contributed by atoms with E-state index in [1.807, 2.05) is 6.08 Å². The van der Waals surface area contributed by atoms with Crippen molar-refractivity contribution < 1.29 is 57.4 Å². The van der Waals surface area contributed by atoms with Crippen LogP contribution in [0.2, 0.25) is 0 Å². The summed E-state index contributed by atoms with van der Waals surface area (Å²) in [5.41, 5.74) is -0.583. The Hall–Kier alpha value is -5.15. The Bertz CT molecular complexity index is 1970. The van der Waals surface area contributed by atoms with E-state index in [1.165, 1.54) is 0 Å². The van der Waals surface area contributed by atoms with Gasteiger partial charge in [-0.15, -0.1) is 0 Å². The largest absolute Gasteiger partial charge is 0.378 e. The van der Waals surface area contributed by atoms with Gasteiger partial charge in [0, 0.05) is 104 Å². The third kappa shape index (κ3) is 64.6. The summed E-state index contributed by atoms with van der Waals surface area (Å²) < 4.78 is 18.4. The molecule has 0 saturated carbocycles. The Morgan fingerprint density at radius 1 is 0.274 bits per heavy atom. The standard InChI is InChI=1S/C74H139N9O12/c1-70(2,3)43-26-23-35-62(85)77-49-31-52-80-66(89)40-55-93-58-74(59-94-56-41-67(90)81-53-32-50-78-63(86)36-24-27-44-71(4,5)6,60-95-57-42-68(91)82-54-33-51-79-64(87)37-25-28-45-72(7,8)9)83-69(92)38-22-18-16-14-13-15-17-21-34-61(84)75-47-29-19-20-30-48-76-65(88)39-46-73(10,11)12/h39,46H,13-38,40-45,47-60H2,1-12H3,(H,75,84)(H,76,88)(H,77,85)(H,78,86)(H,79,87)(H,80,89)(H,81,90)(H,82,91)(H,83,92)/b46-39+. The number of hydrogen-bond acceptors (Lipinski definition) is 12. The predicted molar refractivity (Wildman–Crippen MR) is 382 cm³/mol. The van der Waals surface area contributed by atoms with Gasteiger partial charge in [-0.2, -0.15) is 0 Å². The molecule has 0 saturated heterocycles.